The van der Waals surface area contributed by atoms with E-state index in [2.05, 4.69) is 50.9 Å². The minimum atomic E-state index is 0. The molecule has 1 amide bonds. The van der Waals surface area contributed by atoms with Crippen LogP contribution in [0.5, 0.6) is 0 Å². The Morgan fingerprint density at radius 1 is 1.25 bits per heavy atom. The molecule has 1 atom stereocenters. The van der Waals surface area contributed by atoms with Crippen molar-refractivity contribution < 1.29 is 4.79 Å². The summed E-state index contributed by atoms with van der Waals surface area (Å²) in [6.07, 6.45) is 4.52. The molecule has 1 aromatic rings. The highest BCUT2D eigenvalue weighted by Crippen LogP contribution is 2.21. The van der Waals surface area contributed by atoms with Gasteiger partial charge in [-0.2, -0.15) is 0 Å². The Kier molecular flexibility index (Phi) is 7.33. The van der Waals surface area contributed by atoms with Crippen LogP contribution in [0.25, 0.3) is 0 Å². The molecular formula is C18H27IN4O. The fraction of sp³-hybridized carbons (Fsp3) is 0.556. The summed E-state index contributed by atoms with van der Waals surface area (Å²) in [5, 5.41) is 6.18. The first-order valence-electron chi connectivity index (χ1n) is 8.53. The average Bonchev–Trinajstić information content (AvgIpc) is 3.26. The van der Waals surface area contributed by atoms with Crippen molar-refractivity contribution in [1.29, 1.82) is 0 Å². The zero-order valence-electron chi connectivity index (χ0n) is 14.2. The number of carbonyl (C=O) groups is 1. The van der Waals surface area contributed by atoms with Gasteiger partial charge in [0.05, 0.1) is 6.54 Å². The normalized spacial score (nSPS) is 20.5. The first kappa shape index (κ1) is 19.0. The summed E-state index contributed by atoms with van der Waals surface area (Å²) < 4.78 is 0. The van der Waals surface area contributed by atoms with E-state index in [1.807, 2.05) is 0 Å². The SMILES string of the molecule is CN=C(NCC(=O)NC1CC1)N1CCC(Cc2ccccc2)C1.I. The maximum absolute atomic E-state index is 11.8. The van der Waals surface area contributed by atoms with E-state index in [1.165, 1.54) is 12.0 Å². The van der Waals surface area contributed by atoms with Gasteiger partial charge < -0.3 is 15.5 Å². The largest absolute Gasteiger partial charge is 0.352 e. The first-order chi connectivity index (χ1) is 11.2. The van der Waals surface area contributed by atoms with Crippen molar-refractivity contribution >= 4 is 35.8 Å². The third-order valence-electron chi connectivity index (χ3n) is 4.51. The molecule has 1 saturated heterocycles. The van der Waals surface area contributed by atoms with Crippen LogP contribution in [0.1, 0.15) is 24.8 Å². The molecule has 1 saturated carbocycles. The van der Waals surface area contributed by atoms with E-state index in [9.17, 15) is 4.79 Å². The molecule has 0 bridgehead atoms. The van der Waals surface area contributed by atoms with Crippen molar-refractivity contribution in [2.45, 2.75) is 31.7 Å². The van der Waals surface area contributed by atoms with Gasteiger partial charge in [-0.05, 0) is 37.2 Å². The Labute approximate surface area is 161 Å². The number of hydrogen-bond acceptors (Lipinski definition) is 2. The fourth-order valence-corrected chi connectivity index (χ4v) is 3.14. The minimum Gasteiger partial charge on any atom is -0.352 e. The lowest BCUT2D eigenvalue weighted by Gasteiger charge is -2.21. The van der Waals surface area contributed by atoms with E-state index >= 15 is 0 Å². The standard InChI is InChI=1S/C18H26N4O.HI/c1-19-18(20-12-17(23)21-16-7-8-16)22-10-9-15(13-22)11-14-5-3-2-4-6-14;/h2-6,15-16H,7-13H2,1H3,(H,19,20)(H,21,23);1H. The Morgan fingerprint density at radius 3 is 2.67 bits per heavy atom. The van der Waals surface area contributed by atoms with Crippen molar-refractivity contribution in [3.05, 3.63) is 35.9 Å². The van der Waals surface area contributed by atoms with Gasteiger partial charge in [0.25, 0.3) is 0 Å². The second-order valence-electron chi connectivity index (χ2n) is 6.53. The van der Waals surface area contributed by atoms with Crippen molar-refractivity contribution in [3.8, 4) is 0 Å². The third kappa shape index (κ3) is 5.65. The van der Waals surface area contributed by atoms with Crippen molar-refractivity contribution in [3.63, 3.8) is 0 Å². The zero-order chi connectivity index (χ0) is 16.1. The van der Waals surface area contributed by atoms with Gasteiger partial charge >= 0.3 is 0 Å². The monoisotopic (exact) mass is 442 g/mol. The maximum Gasteiger partial charge on any atom is 0.239 e. The molecule has 3 rings (SSSR count). The number of benzene rings is 1. The molecule has 5 nitrogen and oxygen atoms in total. The van der Waals surface area contributed by atoms with Crippen LogP contribution in [-0.4, -0.2) is 49.5 Å². The van der Waals surface area contributed by atoms with Crippen LogP contribution in [0.2, 0.25) is 0 Å². The van der Waals surface area contributed by atoms with Gasteiger partial charge in [0.1, 0.15) is 0 Å². The predicted octanol–water partition coefficient (Wildman–Crippen LogP) is 2.02. The van der Waals surface area contributed by atoms with Crippen LogP contribution < -0.4 is 10.6 Å². The van der Waals surface area contributed by atoms with Crippen molar-refractivity contribution in [2.24, 2.45) is 10.9 Å². The molecule has 24 heavy (non-hydrogen) atoms. The Hall–Kier alpha value is -1.31. The number of halogens is 1. The molecule has 2 N–H and O–H groups in total. The maximum atomic E-state index is 11.8. The van der Waals surface area contributed by atoms with Crippen LogP contribution in [0.15, 0.2) is 35.3 Å². The van der Waals surface area contributed by atoms with Crippen LogP contribution in [0, 0.1) is 5.92 Å². The summed E-state index contributed by atoms with van der Waals surface area (Å²) in [6.45, 7) is 2.31. The Morgan fingerprint density at radius 2 is 2.00 bits per heavy atom. The van der Waals surface area contributed by atoms with Crippen LogP contribution in [0.3, 0.4) is 0 Å². The second kappa shape index (κ2) is 9.25. The smallest absolute Gasteiger partial charge is 0.239 e. The summed E-state index contributed by atoms with van der Waals surface area (Å²) in [5.41, 5.74) is 1.39. The van der Waals surface area contributed by atoms with Gasteiger partial charge in [-0.15, -0.1) is 24.0 Å². The van der Waals surface area contributed by atoms with Crippen LogP contribution >= 0.6 is 24.0 Å². The highest BCUT2D eigenvalue weighted by atomic mass is 127. The number of hydrogen-bond donors (Lipinski definition) is 2. The van der Waals surface area contributed by atoms with E-state index < -0.39 is 0 Å². The van der Waals surface area contributed by atoms with E-state index in [0.717, 1.165) is 38.3 Å². The predicted molar refractivity (Wildman–Crippen MR) is 108 cm³/mol. The molecule has 0 spiro atoms. The molecule has 6 heteroatoms. The van der Waals surface area contributed by atoms with E-state index in [1.54, 1.807) is 7.05 Å². The molecule has 1 aliphatic heterocycles. The van der Waals surface area contributed by atoms with Gasteiger partial charge in [0, 0.05) is 26.2 Å². The number of carbonyl (C=O) groups excluding carboxylic acids is 1. The second-order valence-corrected chi connectivity index (χ2v) is 6.53. The average molecular weight is 442 g/mol. The van der Waals surface area contributed by atoms with Gasteiger partial charge in [-0.25, -0.2) is 0 Å². The molecule has 2 fully saturated rings. The first-order valence-corrected chi connectivity index (χ1v) is 8.53. The van der Waals surface area contributed by atoms with Gasteiger partial charge in [0.2, 0.25) is 5.91 Å². The number of amides is 1. The number of rotatable bonds is 5. The summed E-state index contributed by atoms with van der Waals surface area (Å²) in [6, 6.07) is 11.1. The summed E-state index contributed by atoms with van der Waals surface area (Å²) in [7, 11) is 1.78. The molecule has 1 aromatic carbocycles. The molecule has 0 aromatic heterocycles. The minimum absolute atomic E-state index is 0. The van der Waals surface area contributed by atoms with Crippen molar-refractivity contribution in [2.75, 3.05) is 26.7 Å². The molecule has 1 unspecified atom stereocenters. The lowest BCUT2D eigenvalue weighted by Crippen LogP contribution is -2.45. The van der Waals surface area contributed by atoms with Gasteiger partial charge in [-0.1, -0.05) is 30.3 Å². The zero-order valence-corrected chi connectivity index (χ0v) is 16.5. The summed E-state index contributed by atoms with van der Waals surface area (Å²) in [4.78, 5) is 18.4. The number of aliphatic imine (C=N–C) groups is 1. The molecule has 1 heterocycles. The molecular weight excluding hydrogens is 415 g/mol. The van der Waals surface area contributed by atoms with Crippen LogP contribution in [0.4, 0.5) is 0 Å². The molecule has 132 valence electrons. The Balaban J connectivity index is 0.00000208. The van der Waals surface area contributed by atoms with Gasteiger partial charge in [0.15, 0.2) is 5.96 Å². The number of likely N-dealkylation sites (tertiary alicyclic amines) is 1. The topological polar surface area (TPSA) is 56.7 Å². The van der Waals surface area contributed by atoms with E-state index in [-0.39, 0.29) is 29.9 Å². The summed E-state index contributed by atoms with van der Waals surface area (Å²) >= 11 is 0. The quantitative estimate of drug-likeness (QED) is 0.417. The van der Waals surface area contributed by atoms with E-state index in [4.69, 9.17) is 0 Å². The lowest BCUT2D eigenvalue weighted by molar-refractivity contribution is -0.120. The number of nitrogens with zero attached hydrogens (tertiary/aromatic N) is 2. The lowest BCUT2D eigenvalue weighted by atomic mass is 9.99. The fourth-order valence-electron chi connectivity index (χ4n) is 3.14. The third-order valence-corrected chi connectivity index (χ3v) is 4.51. The molecule has 2 aliphatic rings. The van der Waals surface area contributed by atoms with Crippen LogP contribution in [-0.2, 0) is 11.2 Å². The summed E-state index contributed by atoms with van der Waals surface area (Å²) in [5.74, 6) is 1.55. The Bertz CT molecular complexity index is 559. The van der Waals surface area contributed by atoms with E-state index in [0.29, 0.717) is 18.5 Å². The highest BCUT2D eigenvalue weighted by molar-refractivity contribution is 14.0. The molecule has 1 aliphatic carbocycles. The van der Waals surface area contributed by atoms with Gasteiger partial charge in [-0.3, -0.25) is 9.79 Å². The van der Waals surface area contributed by atoms with Crippen molar-refractivity contribution in [1.82, 2.24) is 15.5 Å². The molecule has 0 radical (unpaired) electrons. The number of guanidine groups is 1. The number of nitrogens with one attached hydrogen (secondary N) is 2. The highest BCUT2D eigenvalue weighted by Gasteiger charge is 2.26.